The van der Waals surface area contributed by atoms with Crippen molar-refractivity contribution in [3.8, 4) is 0 Å². The molecule has 25 heavy (non-hydrogen) atoms. The number of imidazole rings is 1. The van der Waals surface area contributed by atoms with Gasteiger partial charge in [0.1, 0.15) is 17.6 Å². The van der Waals surface area contributed by atoms with Gasteiger partial charge in [0.15, 0.2) is 5.78 Å². The van der Waals surface area contributed by atoms with Crippen molar-refractivity contribution in [1.82, 2.24) is 24.8 Å². The third-order valence-corrected chi connectivity index (χ3v) is 4.87. The van der Waals surface area contributed by atoms with Crippen LogP contribution in [0.1, 0.15) is 57.8 Å². The summed E-state index contributed by atoms with van der Waals surface area (Å²) in [7, 11) is 1.93. The summed E-state index contributed by atoms with van der Waals surface area (Å²) in [5, 5.41) is 3.34. The summed E-state index contributed by atoms with van der Waals surface area (Å²) < 4.78 is 1.94. The number of piperazine rings is 1. The number of hydrogen-bond acceptors (Lipinski definition) is 4. The third kappa shape index (κ3) is 3.00. The minimum absolute atomic E-state index is 0.00869. The lowest BCUT2D eigenvalue weighted by molar-refractivity contribution is 0.0614. The molecule has 3 rings (SSSR count). The zero-order valence-electron chi connectivity index (χ0n) is 15.2. The number of ketones is 1. The van der Waals surface area contributed by atoms with Crippen LogP contribution >= 0.6 is 0 Å². The molecule has 0 saturated carbocycles. The van der Waals surface area contributed by atoms with Gasteiger partial charge in [-0.15, -0.1) is 0 Å². The van der Waals surface area contributed by atoms with E-state index in [1.807, 2.05) is 36.6 Å². The summed E-state index contributed by atoms with van der Waals surface area (Å²) in [6.45, 7) is 7.38. The van der Waals surface area contributed by atoms with Crippen LogP contribution in [0.5, 0.6) is 0 Å². The van der Waals surface area contributed by atoms with Crippen molar-refractivity contribution < 1.29 is 9.59 Å². The van der Waals surface area contributed by atoms with E-state index in [2.05, 4.69) is 15.3 Å². The Morgan fingerprint density at radius 2 is 2.16 bits per heavy atom. The number of H-pyrrole nitrogens is 1. The molecule has 1 fully saturated rings. The predicted molar refractivity (Wildman–Crippen MR) is 94.8 cm³/mol. The first-order valence-electron chi connectivity index (χ1n) is 8.67. The van der Waals surface area contributed by atoms with Crippen LogP contribution in [0.4, 0.5) is 0 Å². The molecule has 1 saturated heterocycles. The van der Waals surface area contributed by atoms with Gasteiger partial charge in [0.05, 0.1) is 0 Å². The van der Waals surface area contributed by atoms with E-state index in [0.29, 0.717) is 30.8 Å². The molecule has 7 heteroatoms. The van der Waals surface area contributed by atoms with E-state index in [9.17, 15) is 9.59 Å². The summed E-state index contributed by atoms with van der Waals surface area (Å²) in [6.07, 6.45) is 4.27. The van der Waals surface area contributed by atoms with Crippen LogP contribution in [-0.2, 0) is 13.5 Å². The highest BCUT2D eigenvalue weighted by molar-refractivity contribution is 6.02. The van der Waals surface area contributed by atoms with Gasteiger partial charge in [0, 0.05) is 50.3 Å². The number of carbonyl (C=O) groups excluding carboxylic acids is 2. The molecule has 134 valence electrons. The van der Waals surface area contributed by atoms with E-state index >= 15 is 0 Å². The van der Waals surface area contributed by atoms with Gasteiger partial charge in [-0.05, 0) is 25.8 Å². The SMILES string of the molecule is CCc1c(C(=O)N2CCNCC2c2nccn2C)[nH]c(C)c1C(C)=O. The van der Waals surface area contributed by atoms with Crippen molar-refractivity contribution in [2.45, 2.75) is 33.2 Å². The molecule has 0 aliphatic carbocycles. The molecule has 2 aromatic rings. The van der Waals surface area contributed by atoms with Crippen LogP contribution < -0.4 is 5.32 Å². The van der Waals surface area contributed by atoms with E-state index in [-0.39, 0.29) is 17.7 Å². The highest BCUT2D eigenvalue weighted by Crippen LogP contribution is 2.26. The Balaban J connectivity index is 2.00. The highest BCUT2D eigenvalue weighted by atomic mass is 16.2. The van der Waals surface area contributed by atoms with E-state index in [1.54, 1.807) is 13.1 Å². The smallest absolute Gasteiger partial charge is 0.271 e. The molecule has 7 nitrogen and oxygen atoms in total. The minimum Gasteiger partial charge on any atom is -0.354 e. The zero-order chi connectivity index (χ0) is 18.1. The quantitative estimate of drug-likeness (QED) is 0.826. The molecule has 2 N–H and O–H groups in total. The Labute approximate surface area is 147 Å². The third-order valence-electron chi connectivity index (χ3n) is 4.87. The van der Waals surface area contributed by atoms with Gasteiger partial charge in [-0.1, -0.05) is 6.92 Å². The lowest BCUT2D eigenvalue weighted by Crippen LogP contribution is -2.49. The van der Waals surface area contributed by atoms with E-state index in [0.717, 1.165) is 23.6 Å². The Bertz CT molecular complexity index is 804. The predicted octanol–water partition coefficient (Wildman–Crippen LogP) is 1.61. The van der Waals surface area contributed by atoms with Crippen molar-refractivity contribution in [2.24, 2.45) is 7.05 Å². The topological polar surface area (TPSA) is 83.0 Å². The van der Waals surface area contributed by atoms with E-state index < -0.39 is 0 Å². The molecule has 1 aliphatic rings. The van der Waals surface area contributed by atoms with Crippen LogP contribution in [-0.4, -0.2) is 50.8 Å². The first-order chi connectivity index (χ1) is 12.0. The molecular formula is C18H25N5O2. The Hall–Kier alpha value is -2.41. The standard InChI is InChI=1S/C18H25N5O2/c1-5-13-15(12(3)24)11(2)21-16(13)18(25)23-9-6-19-10-14(23)17-20-7-8-22(17)4/h7-8,14,19,21H,5-6,9-10H2,1-4H3. The molecule has 3 heterocycles. The highest BCUT2D eigenvalue weighted by Gasteiger charge is 2.33. The van der Waals surface area contributed by atoms with Gasteiger partial charge in [-0.3, -0.25) is 9.59 Å². The molecular weight excluding hydrogens is 318 g/mol. The fraction of sp³-hybridized carbons (Fsp3) is 0.500. The van der Waals surface area contributed by atoms with Gasteiger partial charge in [-0.25, -0.2) is 4.98 Å². The molecule has 0 aromatic carbocycles. The normalized spacial score (nSPS) is 17.8. The van der Waals surface area contributed by atoms with Crippen LogP contribution in [0.15, 0.2) is 12.4 Å². The number of nitrogens with one attached hydrogen (secondary N) is 2. The molecule has 1 unspecified atom stereocenters. The molecule has 1 atom stereocenters. The maximum absolute atomic E-state index is 13.3. The first-order valence-corrected chi connectivity index (χ1v) is 8.67. The van der Waals surface area contributed by atoms with Gasteiger partial charge in [0.2, 0.25) is 0 Å². The summed E-state index contributed by atoms with van der Waals surface area (Å²) in [4.78, 5) is 34.7. The van der Waals surface area contributed by atoms with Crippen molar-refractivity contribution >= 4 is 11.7 Å². The molecule has 2 aromatic heterocycles. The number of nitrogens with zero attached hydrogens (tertiary/aromatic N) is 3. The van der Waals surface area contributed by atoms with Crippen molar-refractivity contribution in [1.29, 1.82) is 0 Å². The average Bonchev–Trinajstić information content (AvgIpc) is 3.16. The fourth-order valence-corrected chi connectivity index (χ4v) is 3.71. The lowest BCUT2D eigenvalue weighted by Gasteiger charge is -2.35. The van der Waals surface area contributed by atoms with E-state index in [4.69, 9.17) is 0 Å². The summed E-state index contributed by atoms with van der Waals surface area (Å²) in [6, 6.07) is -0.129. The maximum Gasteiger partial charge on any atom is 0.271 e. The number of aromatic nitrogens is 3. The first kappa shape index (κ1) is 17.4. The summed E-state index contributed by atoms with van der Waals surface area (Å²) in [5.74, 6) is 0.779. The second-order valence-corrected chi connectivity index (χ2v) is 6.50. The molecule has 0 radical (unpaired) electrons. The Morgan fingerprint density at radius 1 is 1.40 bits per heavy atom. The monoisotopic (exact) mass is 343 g/mol. The second-order valence-electron chi connectivity index (χ2n) is 6.50. The number of amides is 1. The minimum atomic E-state index is -0.129. The van der Waals surface area contributed by atoms with Crippen molar-refractivity contribution in [2.75, 3.05) is 19.6 Å². The Morgan fingerprint density at radius 3 is 2.76 bits per heavy atom. The number of hydrogen-bond donors (Lipinski definition) is 2. The maximum atomic E-state index is 13.3. The molecule has 1 amide bonds. The van der Waals surface area contributed by atoms with Gasteiger partial charge >= 0.3 is 0 Å². The van der Waals surface area contributed by atoms with Crippen LogP contribution in [0.3, 0.4) is 0 Å². The zero-order valence-corrected chi connectivity index (χ0v) is 15.2. The van der Waals surface area contributed by atoms with Crippen LogP contribution in [0.25, 0.3) is 0 Å². The van der Waals surface area contributed by atoms with Crippen LogP contribution in [0, 0.1) is 6.92 Å². The number of aromatic amines is 1. The molecule has 1 aliphatic heterocycles. The molecule has 0 spiro atoms. The fourth-order valence-electron chi connectivity index (χ4n) is 3.71. The van der Waals surface area contributed by atoms with Gasteiger partial charge < -0.3 is 19.8 Å². The lowest BCUT2D eigenvalue weighted by atomic mass is 10.0. The van der Waals surface area contributed by atoms with Crippen molar-refractivity contribution in [3.05, 3.63) is 40.7 Å². The molecule has 0 bridgehead atoms. The summed E-state index contributed by atoms with van der Waals surface area (Å²) in [5.41, 5.74) is 2.75. The largest absolute Gasteiger partial charge is 0.354 e. The number of Topliss-reactive ketones (excluding diaryl/α,β-unsaturated/α-hetero) is 1. The number of carbonyl (C=O) groups is 2. The Kier molecular flexibility index (Phi) is 4.76. The number of rotatable bonds is 4. The van der Waals surface area contributed by atoms with Gasteiger partial charge in [-0.2, -0.15) is 0 Å². The van der Waals surface area contributed by atoms with Crippen LogP contribution in [0.2, 0.25) is 0 Å². The second kappa shape index (κ2) is 6.84. The van der Waals surface area contributed by atoms with Gasteiger partial charge in [0.25, 0.3) is 5.91 Å². The van der Waals surface area contributed by atoms with E-state index in [1.165, 1.54) is 0 Å². The summed E-state index contributed by atoms with van der Waals surface area (Å²) >= 11 is 0. The number of aryl methyl sites for hydroxylation is 2. The average molecular weight is 343 g/mol. The van der Waals surface area contributed by atoms with Crippen molar-refractivity contribution in [3.63, 3.8) is 0 Å².